The molecule has 25 heavy (non-hydrogen) atoms. The summed E-state index contributed by atoms with van der Waals surface area (Å²) >= 11 is 0. The van der Waals surface area contributed by atoms with E-state index >= 15 is 0 Å². The van der Waals surface area contributed by atoms with Crippen LogP contribution in [0.1, 0.15) is 29.4 Å². The number of ether oxygens (including phenoxy) is 2. The van der Waals surface area contributed by atoms with E-state index in [0.29, 0.717) is 11.6 Å². The van der Waals surface area contributed by atoms with Gasteiger partial charge in [0.1, 0.15) is 11.3 Å². The van der Waals surface area contributed by atoms with Crippen LogP contribution in [0.2, 0.25) is 0 Å². The highest BCUT2D eigenvalue weighted by Gasteiger charge is 2.18. The molecular weight excluding hydrogens is 318 g/mol. The van der Waals surface area contributed by atoms with E-state index in [-0.39, 0.29) is 11.4 Å². The minimum atomic E-state index is -0.537. The molecule has 0 aliphatic rings. The monoisotopic (exact) mass is 337 g/mol. The summed E-state index contributed by atoms with van der Waals surface area (Å²) in [5, 5.41) is 4.33. The van der Waals surface area contributed by atoms with Gasteiger partial charge in [-0.2, -0.15) is 5.10 Å². The number of esters is 1. The lowest BCUT2D eigenvalue weighted by atomic mass is 10.2. The molecule has 0 aliphatic carbocycles. The Bertz CT molecular complexity index is 859. The van der Waals surface area contributed by atoms with Gasteiger partial charge >= 0.3 is 5.97 Å². The molecule has 6 heteroatoms. The Morgan fingerprint density at radius 3 is 2.72 bits per heavy atom. The number of carbonyl (C=O) groups excluding carboxylic acids is 1. The summed E-state index contributed by atoms with van der Waals surface area (Å²) in [5.74, 6) is 0.656. The van der Waals surface area contributed by atoms with Gasteiger partial charge < -0.3 is 9.47 Å². The van der Waals surface area contributed by atoms with E-state index in [1.807, 2.05) is 18.2 Å². The van der Waals surface area contributed by atoms with Crippen LogP contribution in [0.5, 0.6) is 17.5 Å². The van der Waals surface area contributed by atoms with Gasteiger partial charge in [-0.25, -0.2) is 14.5 Å². The molecule has 3 rings (SSSR count). The van der Waals surface area contributed by atoms with Gasteiger partial charge in [0, 0.05) is 19.3 Å². The summed E-state index contributed by atoms with van der Waals surface area (Å²) in [6.07, 6.45) is 3.38. The molecule has 128 valence electrons. The molecule has 6 nitrogen and oxygen atoms in total. The second-order valence-electron chi connectivity index (χ2n) is 5.51. The van der Waals surface area contributed by atoms with Crippen LogP contribution in [0.4, 0.5) is 0 Å². The molecule has 0 spiro atoms. The van der Waals surface area contributed by atoms with E-state index in [0.717, 1.165) is 18.5 Å². The number of para-hydroxylation sites is 1. The minimum Gasteiger partial charge on any atom is -0.438 e. The second-order valence-corrected chi connectivity index (χ2v) is 5.51. The van der Waals surface area contributed by atoms with E-state index in [1.54, 1.807) is 48.3 Å². The van der Waals surface area contributed by atoms with Crippen LogP contribution >= 0.6 is 0 Å². The molecule has 2 heterocycles. The van der Waals surface area contributed by atoms with Gasteiger partial charge in [-0.05, 0) is 30.7 Å². The van der Waals surface area contributed by atoms with Crippen LogP contribution in [0.25, 0.3) is 0 Å². The predicted octanol–water partition coefficient (Wildman–Crippen LogP) is 3.78. The minimum absolute atomic E-state index is 0.203. The van der Waals surface area contributed by atoms with Gasteiger partial charge in [-0.15, -0.1) is 0 Å². The van der Waals surface area contributed by atoms with Crippen molar-refractivity contribution in [1.82, 2.24) is 14.8 Å². The molecular formula is C19H19N3O3. The number of aromatic nitrogens is 3. The Hall–Kier alpha value is -3.15. The van der Waals surface area contributed by atoms with E-state index in [1.165, 1.54) is 0 Å². The molecule has 0 saturated heterocycles. The highest BCUT2D eigenvalue weighted by Crippen LogP contribution is 2.24. The first-order valence-corrected chi connectivity index (χ1v) is 8.10. The maximum absolute atomic E-state index is 12.6. The van der Waals surface area contributed by atoms with Gasteiger partial charge in [-0.3, -0.25) is 0 Å². The van der Waals surface area contributed by atoms with E-state index in [4.69, 9.17) is 9.47 Å². The fourth-order valence-electron chi connectivity index (χ4n) is 2.36. The average molecular weight is 337 g/mol. The Morgan fingerprint density at radius 2 is 1.96 bits per heavy atom. The molecule has 0 radical (unpaired) electrons. The molecule has 0 aliphatic heterocycles. The lowest BCUT2D eigenvalue weighted by Crippen LogP contribution is -2.12. The highest BCUT2D eigenvalue weighted by molar-refractivity contribution is 5.93. The first-order valence-electron chi connectivity index (χ1n) is 8.10. The molecule has 1 aromatic carbocycles. The topological polar surface area (TPSA) is 66.2 Å². The van der Waals surface area contributed by atoms with Gasteiger partial charge in [-0.1, -0.05) is 31.5 Å². The maximum atomic E-state index is 12.6. The number of pyridine rings is 1. The van der Waals surface area contributed by atoms with E-state index in [2.05, 4.69) is 17.0 Å². The Morgan fingerprint density at radius 1 is 1.16 bits per heavy atom. The standard InChI is InChI=1S/C19H19N3O3/c1-3-8-14-13-17(22(2)21-14)25-19(23)16-11-7-12-20-18(16)24-15-9-5-4-6-10-15/h4-7,9-13H,3,8H2,1-2H3. The van der Waals surface area contributed by atoms with Crippen LogP contribution in [-0.2, 0) is 13.5 Å². The van der Waals surface area contributed by atoms with Crippen molar-refractivity contribution in [2.75, 3.05) is 0 Å². The Balaban J connectivity index is 1.81. The first-order chi connectivity index (χ1) is 12.2. The summed E-state index contributed by atoms with van der Waals surface area (Å²) < 4.78 is 12.7. The van der Waals surface area contributed by atoms with Crippen LogP contribution in [0.15, 0.2) is 54.7 Å². The summed E-state index contributed by atoms with van der Waals surface area (Å²) in [4.78, 5) is 16.7. The lowest BCUT2D eigenvalue weighted by molar-refractivity contribution is 0.0716. The second kappa shape index (κ2) is 7.61. The zero-order chi connectivity index (χ0) is 17.6. The number of hydrogen-bond acceptors (Lipinski definition) is 5. The summed E-state index contributed by atoms with van der Waals surface area (Å²) in [7, 11) is 1.74. The quantitative estimate of drug-likeness (QED) is 0.640. The van der Waals surface area contributed by atoms with Crippen molar-refractivity contribution >= 4 is 5.97 Å². The smallest absolute Gasteiger partial charge is 0.350 e. The molecule has 0 amide bonds. The van der Waals surface area contributed by atoms with Crippen molar-refractivity contribution in [2.45, 2.75) is 19.8 Å². The van der Waals surface area contributed by atoms with Crippen LogP contribution in [-0.4, -0.2) is 20.7 Å². The molecule has 0 bridgehead atoms. The maximum Gasteiger partial charge on any atom is 0.350 e. The number of nitrogens with zero attached hydrogens (tertiary/aromatic N) is 3. The largest absolute Gasteiger partial charge is 0.438 e. The zero-order valence-electron chi connectivity index (χ0n) is 14.2. The fraction of sp³-hybridized carbons (Fsp3) is 0.211. The SMILES string of the molecule is CCCc1cc(OC(=O)c2cccnc2Oc2ccccc2)n(C)n1. The predicted molar refractivity (Wildman–Crippen MR) is 92.9 cm³/mol. The third-order valence-electron chi connectivity index (χ3n) is 3.54. The highest BCUT2D eigenvalue weighted by atomic mass is 16.5. The average Bonchev–Trinajstić information content (AvgIpc) is 2.96. The van der Waals surface area contributed by atoms with Crippen molar-refractivity contribution in [3.05, 3.63) is 66.0 Å². The number of rotatable bonds is 6. The van der Waals surface area contributed by atoms with Crippen molar-refractivity contribution in [1.29, 1.82) is 0 Å². The number of aryl methyl sites for hydroxylation is 2. The zero-order valence-corrected chi connectivity index (χ0v) is 14.2. The third kappa shape index (κ3) is 4.03. The Labute approximate surface area is 146 Å². The van der Waals surface area contributed by atoms with Crippen LogP contribution in [0, 0.1) is 0 Å². The summed E-state index contributed by atoms with van der Waals surface area (Å²) in [5.41, 5.74) is 1.14. The number of carbonyl (C=O) groups is 1. The van der Waals surface area contributed by atoms with Crippen molar-refractivity contribution < 1.29 is 14.3 Å². The van der Waals surface area contributed by atoms with Crippen molar-refractivity contribution in [3.63, 3.8) is 0 Å². The third-order valence-corrected chi connectivity index (χ3v) is 3.54. The van der Waals surface area contributed by atoms with Gasteiger partial charge in [0.05, 0.1) is 5.69 Å². The fourth-order valence-corrected chi connectivity index (χ4v) is 2.36. The molecule has 0 atom stereocenters. The summed E-state index contributed by atoms with van der Waals surface area (Å²) in [6, 6.07) is 14.2. The molecule has 2 aromatic heterocycles. The van der Waals surface area contributed by atoms with Crippen LogP contribution < -0.4 is 9.47 Å². The molecule has 3 aromatic rings. The van der Waals surface area contributed by atoms with Crippen LogP contribution in [0.3, 0.4) is 0 Å². The summed E-state index contributed by atoms with van der Waals surface area (Å²) in [6.45, 7) is 2.07. The van der Waals surface area contributed by atoms with Crippen molar-refractivity contribution in [2.24, 2.45) is 7.05 Å². The Kier molecular flexibility index (Phi) is 5.09. The van der Waals surface area contributed by atoms with Crippen molar-refractivity contribution in [3.8, 4) is 17.5 Å². The molecule has 0 N–H and O–H groups in total. The van der Waals surface area contributed by atoms with Gasteiger partial charge in [0.2, 0.25) is 11.8 Å². The first kappa shape index (κ1) is 16.7. The van der Waals surface area contributed by atoms with E-state index in [9.17, 15) is 4.79 Å². The van der Waals surface area contributed by atoms with E-state index < -0.39 is 5.97 Å². The normalized spacial score (nSPS) is 10.5. The number of hydrogen-bond donors (Lipinski definition) is 0. The molecule has 0 unspecified atom stereocenters. The molecule has 0 saturated carbocycles. The lowest BCUT2D eigenvalue weighted by Gasteiger charge is -2.09. The number of benzene rings is 1. The van der Waals surface area contributed by atoms with Gasteiger partial charge in [0.15, 0.2) is 0 Å². The molecule has 0 fully saturated rings. The van der Waals surface area contributed by atoms with Gasteiger partial charge in [0.25, 0.3) is 0 Å².